The Morgan fingerprint density at radius 1 is 1.17 bits per heavy atom. The molecule has 0 saturated heterocycles. The van der Waals surface area contributed by atoms with E-state index in [1.165, 1.54) is 12.1 Å². The highest BCUT2D eigenvalue weighted by molar-refractivity contribution is 6.30. The summed E-state index contributed by atoms with van der Waals surface area (Å²) in [6.45, 7) is 2.91. The molecule has 0 amide bonds. The lowest BCUT2D eigenvalue weighted by atomic mass is 10.1. The van der Waals surface area contributed by atoms with Crippen molar-refractivity contribution in [2.45, 2.75) is 13.3 Å². The predicted molar refractivity (Wildman–Crippen MR) is 90.9 cm³/mol. The Hall–Kier alpha value is -2.33. The molecule has 1 aliphatic heterocycles. The molecule has 1 aromatic heterocycles. The van der Waals surface area contributed by atoms with Crippen LogP contribution < -0.4 is 5.32 Å². The van der Waals surface area contributed by atoms with Crippen LogP contribution in [0, 0.1) is 12.7 Å². The molecule has 0 unspecified atom stereocenters. The average Bonchev–Trinajstić information content (AvgIpc) is 3.13. The number of nitrogens with zero attached hydrogens (tertiary/aromatic N) is 2. The van der Waals surface area contributed by atoms with Crippen molar-refractivity contribution in [3.63, 3.8) is 0 Å². The highest BCUT2D eigenvalue weighted by Gasteiger charge is 2.24. The Labute approximate surface area is 138 Å². The highest BCUT2D eigenvalue weighted by Crippen LogP contribution is 2.35. The fraction of sp³-hybridized carbons (Fsp3) is 0.167. The van der Waals surface area contributed by atoms with E-state index in [9.17, 15) is 4.39 Å². The summed E-state index contributed by atoms with van der Waals surface area (Å²) in [6.07, 6.45) is 0.904. The highest BCUT2D eigenvalue weighted by atomic mass is 35.5. The van der Waals surface area contributed by atoms with Gasteiger partial charge in [0.1, 0.15) is 11.6 Å². The maximum Gasteiger partial charge on any atom is 0.133 e. The van der Waals surface area contributed by atoms with Crippen LogP contribution in [0.5, 0.6) is 0 Å². The normalized spacial score (nSPS) is 13.0. The zero-order chi connectivity index (χ0) is 16.0. The van der Waals surface area contributed by atoms with Crippen molar-refractivity contribution < 1.29 is 4.39 Å². The van der Waals surface area contributed by atoms with Crippen molar-refractivity contribution in [2.24, 2.45) is 0 Å². The standard InChI is InChI=1S/C18H15ClFN3/c1-11-2-5-13(19)10-16(11)23-18-15(8-9-21-18)17(22-23)12-3-6-14(20)7-4-12/h2-7,10,21H,8-9H2,1H3. The van der Waals surface area contributed by atoms with Crippen molar-refractivity contribution in [3.8, 4) is 16.9 Å². The van der Waals surface area contributed by atoms with Crippen molar-refractivity contribution in [3.05, 3.63) is 64.4 Å². The molecule has 1 aliphatic rings. The van der Waals surface area contributed by atoms with Gasteiger partial charge >= 0.3 is 0 Å². The Balaban J connectivity index is 1.91. The molecule has 0 spiro atoms. The number of fused-ring (bicyclic) bond motifs is 1. The fourth-order valence-electron chi connectivity index (χ4n) is 3.00. The number of benzene rings is 2. The second-order valence-electron chi connectivity index (χ2n) is 5.70. The predicted octanol–water partition coefficient (Wildman–Crippen LogP) is 4.61. The number of anilines is 1. The van der Waals surface area contributed by atoms with E-state index in [1.807, 2.05) is 29.8 Å². The van der Waals surface area contributed by atoms with E-state index >= 15 is 0 Å². The average molecular weight is 328 g/mol. The van der Waals surface area contributed by atoms with Crippen molar-refractivity contribution >= 4 is 17.4 Å². The minimum absolute atomic E-state index is 0.242. The molecule has 23 heavy (non-hydrogen) atoms. The summed E-state index contributed by atoms with van der Waals surface area (Å²) in [7, 11) is 0. The Kier molecular flexibility index (Phi) is 3.34. The van der Waals surface area contributed by atoms with E-state index in [-0.39, 0.29) is 5.82 Å². The van der Waals surface area contributed by atoms with Gasteiger partial charge in [-0.05, 0) is 55.3 Å². The number of nitrogens with one attached hydrogen (secondary N) is 1. The molecule has 2 aromatic carbocycles. The maximum atomic E-state index is 13.2. The van der Waals surface area contributed by atoms with Crippen LogP contribution in [0.25, 0.3) is 16.9 Å². The summed E-state index contributed by atoms with van der Waals surface area (Å²) in [5.41, 5.74) is 5.03. The third kappa shape index (κ3) is 2.39. The molecule has 2 heterocycles. The van der Waals surface area contributed by atoms with Gasteiger partial charge in [-0.2, -0.15) is 5.10 Å². The van der Waals surface area contributed by atoms with Gasteiger partial charge in [0.15, 0.2) is 0 Å². The molecule has 0 bridgehead atoms. The van der Waals surface area contributed by atoms with Crippen molar-refractivity contribution in [1.82, 2.24) is 9.78 Å². The Morgan fingerprint density at radius 2 is 1.96 bits per heavy atom. The van der Waals surface area contributed by atoms with Gasteiger partial charge in [0.2, 0.25) is 0 Å². The number of hydrogen-bond donors (Lipinski definition) is 1. The van der Waals surface area contributed by atoms with Crippen LogP contribution in [-0.2, 0) is 6.42 Å². The fourth-order valence-corrected chi connectivity index (χ4v) is 3.17. The summed E-state index contributed by atoms with van der Waals surface area (Å²) in [4.78, 5) is 0. The molecule has 0 atom stereocenters. The number of aryl methyl sites for hydroxylation is 1. The first-order valence-corrected chi connectivity index (χ1v) is 7.89. The van der Waals surface area contributed by atoms with E-state index in [4.69, 9.17) is 16.7 Å². The van der Waals surface area contributed by atoms with Gasteiger partial charge in [-0.25, -0.2) is 9.07 Å². The van der Waals surface area contributed by atoms with Crippen molar-refractivity contribution in [2.75, 3.05) is 11.9 Å². The molecule has 0 aliphatic carbocycles. The zero-order valence-corrected chi connectivity index (χ0v) is 13.4. The molecule has 116 valence electrons. The largest absolute Gasteiger partial charge is 0.369 e. The second kappa shape index (κ2) is 5.39. The quantitative estimate of drug-likeness (QED) is 0.745. The smallest absolute Gasteiger partial charge is 0.133 e. The van der Waals surface area contributed by atoms with Crippen LogP contribution in [-0.4, -0.2) is 16.3 Å². The first kappa shape index (κ1) is 14.3. The number of rotatable bonds is 2. The van der Waals surface area contributed by atoms with E-state index in [0.717, 1.165) is 46.9 Å². The van der Waals surface area contributed by atoms with E-state index in [0.29, 0.717) is 5.02 Å². The van der Waals surface area contributed by atoms with Gasteiger partial charge in [0, 0.05) is 22.7 Å². The summed E-state index contributed by atoms with van der Waals surface area (Å²) in [5, 5.41) is 8.85. The Morgan fingerprint density at radius 3 is 2.74 bits per heavy atom. The van der Waals surface area contributed by atoms with Gasteiger partial charge in [-0.15, -0.1) is 0 Å². The lowest BCUT2D eigenvalue weighted by molar-refractivity contribution is 0.628. The monoisotopic (exact) mass is 327 g/mol. The maximum absolute atomic E-state index is 13.2. The molecule has 5 heteroatoms. The SMILES string of the molecule is Cc1ccc(Cl)cc1-n1nc(-c2ccc(F)cc2)c2c1NCC2. The summed E-state index contributed by atoms with van der Waals surface area (Å²) < 4.78 is 15.1. The van der Waals surface area contributed by atoms with Gasteiger partial charge in [-0.1, -0.05) is 17.7 Å². The first-order chi connectivity index (χ1) is 11.1. The topological polar surface area (TPSA) is 29.9 Å². The molecule has 0 saturated carbocycles. The van der Waals surface area contributed by atoms with Crippen LogP contribution in [0.3, 0.4) is 0 Å². The van der Waals surface area contributed by atoms with Crippen LogP contribution >= 0.6 is 11.6 Å². The lowest BCUT2D eigenvalue weighted by Gasteiger charge is -2.10. The number of halogens is 2. The zero-order valence-electron chi connectivity index (χ0n) is 12.6. The summed E-state index contributed by atoms with van der Waals surface area (Å²) >= 11 is 6.16. The molecule has 3 nitrogen and oxygen atoms in total. The molecule has 0 fully saturated rings. The van der Waals surface area contributed by atoms with Crippen LogP contribution in [0.15, 0.2) is 42.5 Å². The molecular weight excluding hydrogens is 313 g/mol. The first-order valence-electron chi connectivity index (χ1n) is 7.52. The molecule has 4 rings (SSSR count). The minimum atomic E-state index is -0.242. The van der Waals surface area contributed by atoms with Gasteiger partial charge in [0.05, 0.1) is 11.4 Å². The molecular formula is C18H15ClFN3. The van der Waals surface area contributed by atoms with Crippen molar-refractivity contribution in [1.29, 1.82) is 0 Å². The lowest BCUT2D eigenvalue weighted by Crippen LogP contribution is -2.05. The molecule has 1 N–H and O–H groups in total. The number of hydrogen-bond acceptors (Lipinski definition) is 2. The van der Waals surface area contributed by atoms with Gasteiger partial charge in [-0.3, -0.25) is 0 Å². The summed E-state index contributed by atoms with van der Waals surface area (Å²) in [5.74, 6) is 0.753. The molecule has 0 radical (unpaired) electrons. The third-order valence-corrected chi connectivity index (χ3v) is 4.40. The van der Waals surface area contributed by atoms with E-state index < -0.39 is 0 Å². The van der Waals surface area contributed by atoms with E-state index in [1.54, 1.807) is 12.1 Å². The van der Waals surface area contributed by atoms with E-state index in [2.05, 4.69) is 5.32 Å². The van der Waals surface area contributed by atoms with Crippen LogP contribution in [0.4, 0.5) is 10.2 Å². The third-order valence-electron chi connectivity index (χ3n) is 4.17. The Bertz CT molecular complexity index is 884. The van der Waals surface area contributed by atoms with Crippen LogP contribution in [0.1, 0.15) is 11.1 Å². The molecule has 3 aromatic rings. The second-order valence-corrected chi connectivity index (χ2v) is 6.14. The minimum Gasteiger partial charge on any atom is -0.369 e. The number of aromatic nitrogens is 2. The van der Waals surface area contributed by atoms with Gasteiger partial charge < -0.3 is 5.32 Å². The van der Waals surface area contributed by atoms with Crippen LogP contribution in [0.2, 0.25) is 5.02 Å². The van der Waals surface area contributed by atoms with Gasteiger partial charge in [0.25, 0.3) is 0 Å². The summed E-state index contributed by atoms with van der Waals surface area (Å²) in [6, 6.07) is 12.2.